The maximum absolute atomic E-state index is 4.41. The highest BCUT2D eigenvalue weighted by atomic mass is 32.1. The van der Waals surface area contributed by atoms with E-state index in [0.717, 1.165) is 17.8 Å². The zero-order chi connectivity index (χ0) is 13.0. The van der Waals surface area contributed by atoms with E-state index in [-0.39, 0.29) is 6.04 Å². The average molecular weight is 261 g/mol. The van der Waals surface area contributed by atoms with E-state index < -0.39 is 0 Å². The molecule has 0 saturated carbocycles. The van der Waals surface area contributed by atoms with Gasteiger partial charge in [0, 0.05) is 24.5 Å². The van der Waals surface area contributed by atoms with Crippen LogP contribution in [0.2, 0.25) is 0 Å². The summed E-state index contributed by atoms with van der Waals surface area (Å²) >= 11 is 1.75. The Balaban J connectivity index is 1.95. The highest BCUT2D eigenvalue weighted by molar-refractivity contribution is 7.07. The molecule has 0 aliphatic heterocycles. The Kier molecular flexibility index (Phi) is 4.44. The van der Waals surface area contributed by atoms with Gasteiger partial charge in [0.05, 0.1) is 11.4 Å². The maximum Gasteiger partial charge on any atom is 0.0782 e. The lowest BCUT2D eigenvalue weighted by Gasteiger charge is -2.20. The van der Waals surface area contributed by atoms with E-state index in [4.69, 9.17) is 0 Å². The first kappa shape index (κ1) is 13.2. The Morgan fingerprint density at radius 1 is 1.28 bits per heavy atom. The van der Waals surface area contributed by atoms with Gasteiger partial charge >= 0.3 is 0 Å². The van der Waals surface area contributed by atoms with Gasteiger partial charge in [0.1, 0.15) is 0 Å². The van der Waals surface area contributed by atoms with Gasteiger partial charge in [-0.1, -0.05) is 0 Å². The molecule has 1 N–H and O–H groups in total. The van der Waals surface area contributed by atoms with Crippen molar-refractivity contribution in [3.63, 3.8) is 0 Å². The summed E-state index contributed by atoms with van der Waals surface area (Å²) < 4.78 is 0. The monoisotopic (exact) mass is 261 g/mol. The van der Waals surface area contributed by atoms with Crippen LogP contribution in [0.15, 0.2) is 29.2 Å². The summed E-state index contributed by atoms with van der Waals surface area (Å²) in [6.45, 7) is 6.35. The zero-order valence-electron chi connectivity index (χ0n) is 11.1. The summed E-state index contributed by atoms with van der Waals surface area (Å²) in [6.07, 6.45) is 4.54. The Morgan fingerprint density at radius 3 is 2.72 bits per heavy atom. The van der Waals surface area contributed by atoms with Gasteiger partial charge in [-0.3, -0.25) is 9.97 Å². The van der Waals surface area contributed by atoms with Gasteiger partial charge in [-0.15, -0.1) is 0 Å². The van der Waals surface area contributed by atoms with Crippen LogP contribution in [0, 0.1) is 6.92 Å². The molecule has 2 atom stereocenters. The SMILES string of the molecule is Cc1nccnc1C(C)NC(C)Cc1ccsc1. The zero-order valence-corrected chi connectivity index (χ0v) is 11.9. The largest absolute Gasteiger partial charge is 0.306 e. The van der Waals surface area contributed by atoms with Crippen molar-refractivity contribution in [2.24, 2.45) is 0 Å². The lowest BCUT2D eigenvalue weighted by Crippen LogP contribution is -2.31. The molecule has 2 rings (SSSR count). The summed E-state index contributed by atoms with van der Waals surface area (Å²) in [7, 11) is 0. The molecular formula is C14H19N3S. The van der Waals surface area contributed by atoms with Crippen molar-refractivity contribution < 1.29 is 0 Å². The van der Waals surface area contributed by atoms with Crippen LogP contribution in [0.5, 0.6) is 0 Å². The molecule has 2 aromatic rings. The molecule has 0 spiro atoms. The molecule has 0 fully saturated rings. The van der Waals surface area contributed by atoms with Crippen molar-refractivity contribution in [3.05, 3.63) is 46.2 Å². The van der Waals surface area contributed by atoms with Crippen LogP contribution in [-0.4, -0.2) is 16.0 Å². The molecule has 96 valence electrons. The normalized spacial score (nSPS) is 14.4. The van der Waals surface area contributed by atoms with Gasteiger partial charge in [0.15, 0.2) is 0 Å². The van der Waals surface area contributed by atoms with Crippen molar-refractivity contribution in [2.75, 3.05) is 0 Å². The smallest absolute Gasteiger partial charge is 0.0782 e. The molecule has 0 aliphatic carbocycles. The van der Waals surface area contributed by atoms with Gasteiger partial charge in [0.25, 0.3) is 0 Å². The molecule has 2 heterocycles. The highest BCUT2D eigenvalue weighted by Crippen LogP contribution is 2.14. The third kappa shape index (κ3) is 3.37. The van der Waals surface area contributed by atoms with Crippen molar-refractivity contribution in [1.29, 1.82) is 0 Å². The Hall–Kier alpha value is -1.26. The number of rotatable bonds is 5. The number of aromatic nitrogens is 2. The number of hydrogen-bond acceptors (Lipinski definition) is 4. The summed E-state index contributed by atoms with van der Waals surface area (Å²) in [6, 6.07) is 2.84. The number of nitrogens with zero attached hydrogens (tertiary/aromatic N) is 2. The molecule has 3 nitrogen and oxygen atoms in total. The van der Waals surface area contributed by atoms with Crippen LogP contribution < -0.4 is 5.32 Å². The molecule has 18 heavy (non-hydrogen) atoms. The van der Waals surface area contributed by atoms with E-state index in [1.807, 2.05) is 6.92 Å². The summed E-state index contributed by atoms with van der Waals surface area (Å²) in [5.41, 5.74) is 3.43. The fraction of sp³-hybridized carbons (Fsp3) is 0.429. The van der Waals surface area contributed by atoms with Crippen molar-refractivity contribution in [2.45, 2.75) is 39.3 Å². The standard InChI is InChI=1S/C14H19N3S/c1-10(8-13-4-7-18-9-13)17-12(3)14-11(2)15-5-6-16-14/h4-7,9-10,12,17H,8H2,1-3H3. The minimum absolute atomic E-state index is 0.229. The maximum atomic E-state index is 4.41. The molecular weight excluding hydrogens is 242 g/mol. The van der Waals surface area contributed by atoms with E-state index in [2.05, 4.69) is 46.0 Å². The summed E-state index contributed by atoms with van der Waals surface area (Å²) in [5, 5.41) is 7.91. The van der Waals surface area contributed by atoms with Crippen LogP contribution in [0.1, 0.15) is 36.8 Å². The van der Waals surface area contributed by atoms with E-state index in [0.29, 0.717) is 6.04 Å². The van der Waals surface area contributed by atoms with Crippen LogP contribution in [0.25, 0.3) is 0 Å². The molecule has 2 unspecified atom stereocenters. The summed E-state index contributed by atoms with van der Waals surface area (Å²) in [4.78, 5) is 8.69. The predicted molar refractivity (Wildman–Crippen MR) is 75.8 cm³/mol. The Morgan fingerprint density at radius 2 is 2.06 bits per heavy atom. The topological polar surface area (TPSA) is 37.8 Å². The number of nitrogens with one attached hydrogen (secondary N) is 1. The first-order chi connectivity index (χ1) is 8.66. The van der Waals surface area contributed by atoms with Gasteiger partial charge in [-0.25, -0.2) is 0 Å². The van der Waals surface area contributed by atoms with Gasteiger partial charge in [-0.2, -0.15) is 11.3 Å². The first-order valence-electron chi connectivity index (χ1n) is 6.21. The lowest BCUT2D eigenvalue weighted by molar-refractivity contribution is 0.467. The molecule has 2 aromatic heterocycles. The first-order valence-corrected chi connectivity index (χ1v) is 7.15. The lowest BCUT2D eigenvalue weighted by atomic mass is 10.1. The fourth-order valence-electron chi connectivity index (χ4n) is 2.17. The second kappa shape index (κ2) is 6.07. The van der Waals surface area contributed by atoms with E-state index in [1.54, 1.807) is 23.7 Å². The van der Waals surface area contributed by atoms with Gasteiger partial charge < -0.3 is 5.32 Å². The van der Waals surface area contributed by atoms with Crippen molar-refractivity contribution in [1.82, 2.24) is 15.3 Å². The quantitative estimate of drug-likeness (QED) is 0.898. The third-order valence-corrected chi connectivity index (χ3v) is 3.72. The van der Waals surface area contributed by atoms with E-state index in [9.17, 15) is 0 Å². The molecule has 0 saturated heterocycles. The van der Waals surface area contributed by atoms with Crippen molar-refractivity contribution in [3.8, 4) is 0 Å². The van der Waals surface area contributed by atoms with Gasteiger partial charge in [0.2, 0.25) is 0 Å². The second-order valence-corrected chi connectivity index (χ2v) is 5.43. The second-order valence-electron chi connectivity index (χ2n) is 4.65. The third-order valence-electron chi connectivity index (χ3n) is 2.99. The molecule has 4 heteroatoms. The number of thiophene rings is 1. The molecule has 0 aliphatic rings. The van der Waals surface area contributed by atoms with Crippen LogP contribution in [0.3, 0.4) is 0 Å². The molecule has 0 radical (unpaired) electrons. The minimum Gasteiger partial charge on any atom is -0.306 e. The van der Waals surface area contributed by atoms with Crippen LogP contribution in [0.4, 0.5) is 0 Å². The Bertz CT molecular complexity index is 482. The number of aryl methyl sites for hydroxylation is 1. The minimum atomic E-state index is 0.229. The fourth-order valence-corrected chi connectivity index (χ4v) is 2.85. The van der Waals surface area contributed by atoms with Crippen LogP contribution >= 0.6 is 11.3 Å². The summed E-state index contributed by atoms with van der Waals surface area (Å²) in [5.74, 6) is 0. The Labute approximate surface area is 112 Å². The van der Waals surface area contributed by atoms with Gasteiger partial charge in [-0.05, 0) is 49.6 Å². The van der Waals surface area contributed by atoms with Crippen LogP contribution in [-0.2, 0) is 6.42 Å². The van der Waals surface area contributed by atoms with E-state index in [1.165, 1.54) is 5.56 Å². The molecule has 0 amide bonds. The van der Waals surface area contributed by atoms with Crippen molar-refractivity contribution >= 4 is 11.3 Å². The molecule has 0 bridgehead atoms. The molecule has 0 aromatic carbocycles. The average Bonchev–Trinajstić information content (AvgIpc) is 2.82. The predicted octanol–water partition coefficient (Wildman–Crippen LogP) is 3.13. The highest BCUT2D eigenvalue weighted by Gasteiger charge is 2.13. The number of hydrogen-bond donors (Lipinski definition) is 1. The van der Waals surface area contributed by atoms with E-state index >= 15 is 0 Å².